The normalized spacial score (nSPS) is 11.3. The van der Waals surface area contributed by atoms with Gasteiger partial charge in [0.05, 0.1) is 5.75 Å². The molecule has 0 aliphatic carbocycles. The number of hydrogen-bond donors (Lipinski definition) is 2. The molecule has 0 saturated heterocycles. The van der Waals surface area contributed by atoms with E-state index in [-0.39, 0.29) is 18.1 Å². The van der Waals surface area contributed by atoms with Crippen molar-refractivity contribution < 1.29 is 13.2 Å². The quantitative estimate of drug-likeness (QED) is 0.762. The van der Waals surface area contributed by atoms with Crippen LogP contribution in [0.25, 0.3) is 0 Å². The number of carbonyl (C=O) groups is 1. The first-order valence-corrected chi connectivity index (χ1v) is 7.98. The van der Waals surface area contributed by atoms with Crippen molar-refractivity contribution in [3.05, 3.63) is 4.88 Å². The molecule has 18 heavy (non-hydrogen) atoms. The maximum Gasteiger partial charge on any atom is 0.265 e. The Morgan fingerprint density at radius 1 is 1.50 bits per heavy atom. The number of nitrogens with two attached hydrogens (primary N) is 1. The molecule has 0 bridgehead atoms. The molecular formula is C9H16N4O3S2. The standard InChI is InChI=1S/C9H16N4O3S2/c1-13(2)9-12-7(10)6(17-9)8(14)11-4-5-18(3,15)16/h4-5,10H2,1-3H3,(H,11,14). The molecule has 0 aliphatic heterocycles. The van der Waals surface area contributed by atoms with Gasteiger partial charge in [0.15, 0.2) is 5.13 Å². The summed E-state index contributed by atoms with van der Waals surface area (Å²) in [6.07, 6.45) is 1.12. The lowest BCUT2D eigenvalue weighted by molar-refractivity contribution is 0.0961. The van der Waals surface area contributed by atoms with E-state index in [4.69, 9.17) is 5.73 Å². The monoisotopic (exact) mass is 292 g/mol. The molecule has 0 atom stereocenters. The van der Waals surface area contributed by atoms with Gasteiger partial charge >= 0.3 is 0 Å². The van der Waals surface area contributed by atoms with Crippen LogP contribution in [-0.2, 0) is 9.84 Å². The summed E-state index contributed by atoms with van der Waals surface area (Å²) in [6, 6.07) is 0. The Balaban J connectivity index is 2.67. The predicted molar refractivity (Wildman–Crippen MR) is 72.9 cm³/mol. The first kappa shape index (κ1) is 14.7. The summed E-state index contributed by atoms with van der Waals surface area (Å²) in [5.41, 5.74) is 5.63. The molecule has 0 unspecified atom stereocenters. The molecule has 102 valence electrons. The van der Waals surface area contributed by atoms with Gasteiger partial charge in [-0.1, -0.05) is 11.3 Å². The molecule has 1 heterocycles. The van der Waals surface area contributed by atoms with E-state index in [2.05, 4.69) is 10.3 Å². The number of carbonyl (C=O) groups excluding carboxylic acids is 1. The third-order valence-corrected chi connectivity index (χ3v) is 4.17. The number of aromatic nitrogens is 1. The number of rotatable bonds is 5. The summed E-state index contributed by atoms with van der Waals surface area (Å²) in [5, 5.41) is 3.13. The van der Waals surface area contributed by atoms with Crippen LogP contribution < -0.4 is 16.0 Å². The fourth-order valence-electron chi connectivity index (χ4n) is 1.10. The van der Waals surface area contributed by atoms with Gasteiger partial charge in [-0.2, -0.15) is 0 Å². The van der Waals surface area contributed by atoms with Gasteiger partial charge in [0, 0.05) is 26.9 Å². The van der Waals surface area contributed by atoms with E-state index >= 15 is 0 Å². The second kappa shape index (κ2) is 5.53. The lowest BCUT2D eigenvalue weighted by Gasteiger charge is -2.05. The topological polar surface area (TPSA) is 105 Å². The Bertz CT molecular complexity index is 536. The van der Waals surface area contributed by atoms with Crippen molar-refractivity contribution >= 4 is 38.0 Å². The maximum absolute atomic E-state index is 11.8. The van der Waals surface area contributed by atoms with E-state index < -0.39 is 15.7 Å². The third kappa shape index (κ3) is 4.15. The Morgan fingerprint density at radius 3 is 2.56 bits per heavy atom. The molecule has 9 heteroatoms. The van der Waals surface area contributed by atoms with Crippen LogP contribution in [0.5, 0.6) is 0 Å². The van der Waals surface area contributed by atoms with Crippen LogP contribution in [0.2, 0.25) is 0 Å². The van der Waals surface area contributed by atoms with Crippen molar-refractivity contribution in [3.63, 3.8) is 0 Å². The maximum atomic E-state index is 11.8. The van der Waals surface area contributed by atoms with Crippen LogP contribution in [0.15, 0.2) is 0 Å². The summed E-state index contributed by atoms with van der Waals surface area (Å²) in [7, 11) is 0.504. The van der Waals surface area contributed by atoms with Crippen molar-refractivity contribution in [1.82, 2.24) is 10.3 Å². The molecule has 1 rings (SSSR count). The Hall–Kier alpha value is -1.35. The summed E-state index contributed by atoms with van der Waals surface area (Å²) < 4.78 is 21.8. The number of amides is 1. The van der Waals surface area contributed by atoms with E-state index in [1.165, 1.54) is 0 Å². The van der Waals surface area contributed by atoms with E-state index in [1.807, 2.05) is 0 Å². The number of nitrogen functional groups attached to an aromatic ring is 1. The molecule has 0 aromatic carbocycles. The summed E-state index contributed by atoms with van der Waals surface area (Å²) in [4.78, 5) is 17.8. The largest absolute Gasteiger partial charge is 0.382 e. The minimum Gasteiger partial charge on any atom is -0.382 e. The van der Waals surface area contributed by atoms with Gasteiger partial charge in [0.25, 0.3) is 5.91 Å². The van der Waals surface area contributed by atoms with Gasteiger partial charge in [0.2, 0.25) is 0 Å². The summed E-state index contributed by atoms with van der Waals surface area (Å²) in [6.45, 7) is 0.0618. The molecule has 0 saturated carbocycles. The van der Waals surface area contributed by atoms with Gasteiger partial charge in [-0.3, -0.25) is 4.79 Å². The first-order valence-electron chi connectivity index (χ1n) is 5.10. The van der Waals surface area contributed by atoms with Gasteiger partial charge in [-0.25, -0.2) is 13.4 Å². The molecule has 1 aromatic rings. The number of sulfone groups is 1. The van der Waals surface area contributed by atoms with Crippen molar-refractivity contribution in [2.45, 2.75) is 0 Å². The van der Waals surface area contributed by atoms with Crippen LogP contribution in [0, 0.1) is 0 Å². The van der Waals surface area contributed by atoms with E-state index in [9.17, 15) is 13.2 Å². The number of hydrogen-bond acceptors (Lipinski definition) is 7. The van der Waals surface area contributed by atoms with E-state index in [0.717, 1.165) is 17.6 Å². The molecule has 7 nitrogen and oxygen atoms in total. The minimum atomic E-state index is -3.09. The van der Waals surface area contributed by atoms with Crippen LogP contribution >= 0.6 is 11.3 Å². The van der Waals surface area contributed by atoms with Crippen LogP contribution in [0.4, 0.5) is 10.9 Å². The van der Waals surface area contributed by atoms with Crippen molar-refractivity contribution in [3.8, 4) is 0 Å². The minimum absolute atomic E-state index is 0.0618. The third-order valence-electron chi connectivity index (χ3n) is 1.99. The highest BCUT2D eigenvalue weighted by molar-refractivity contribution is 7.90. The number of nitrogens with zero attached hydrogens (tertiary/aromatic N) is 2. The Labute approximate surface area is 110 Å². The van der Waals surface area contributed by atoms with Gasteiger partial charge in [0.1, 0.15) is 20.5 Å². The van der Waals surface area contributed by atoms with E-state index in [1.54, 1.807) is 19.0 Å². The Kier molecular flexibility index (Phi) is 4.52. The van der Waals surface area contributed by atoms with Crippen molar-refractivity contribution in [1.29, 1.82) is 0 Å². The number of thiazole rings is 1. The Morgan fingerprint density at radius 2 is 2.11 bits per heavy atom. The molecule has 0 aliphatic rings. The molecule has 0 radical (unpaired) electrons. The smallest absolute Gasteiger partial charge is 0.265 e. The van der Waals surface area contributed by atoms with E-state index in [0.29, 0.717) is 10.0 Å². The average molecular weight is 292 g/mol. The summed E-state index contributed by atoms with van der Waals surface area (Å²) >= 11 is 1.16. The summed E-state index contributed by atoms with van der Waals surface area (Å²) in [5.74, 6) is -0.347. The average Bonchev–Trinajstić information content (AvgIpc) is 2.58. The van der Waals surface area contributed by atoms with Gasteiger partial charge < -0.3 is 16.0 Å². The molecule has 1 aromatic heterocycles. The van der Waals surface area contributed by atoms with Crippen LogP contribution in [0.3, 0.4) is 0 Å². The molecule has 3 N–H and O–H groups in total. The second-order valence-corrected chi connectivity index (χ2v) is 7.23. The lowest BCUT2D eigenvalue weighted by Crippen LogP contribution is -2.28. The predicted octanol–water partition coefficient (Wildman–Crippen LogP) is -0.434. The highest BCUT2D eigenvalue weighted by Gasteiger charge is 2.17. The van der Waals surface area contributed by atoms with Crippen molar-refractivity contribution in [2.75, 3.05) is 43.3 Å². The van der Waals surface area contributed by atoms with Crippen LogP contribution in [0.1, 0.15) is 9.67 Å². The first-order chi connectivity index (χ1) is 8.20. The van der Waals surface area contributed by atoms with Gasteiger partial charge in [-0.15, -0.1) is 0 Å². The number of nitrogens with one attached hydrogen (secondary N) is 1. The molecular weight excluding hydrogens is 276 g/mol. The zero-order valence-corrected chi connectivity index (χ0v) is 12.1. The molecule has 1 amide bonds. The zero-order chi connectivity index (χ0) is 13.9. The lowest BCUT2D eigenvalue weighted by atomic mass is 10.4. The molecule has 0 fully saturated rings. The second-order valence-electron chi connectivity index (χ2n) is 3.99. The highest BCUT2D eigenvalue weighted by atomic mass is 32.2. The van der Waals surface area contributed by atoms with Gasteiger partial charge in [-0.05, 0) is 0 Å². The van der Waals surface area contributed by atoms with Crippen molar-refractivity contribution in [2.24, 2.45) is 0 Å². The zero-order valence-electron chi connectivity index (χ0n) is 10.4. The fourth-order valence-corrected chi connectivity index (χ4v) is 2.40. The SMILES string of the molecule is CN(C)c1nc(N)c(C(=O)NCCS(C)(=O)=O)s1. The fraction of sp³-hybridized carbons (Fsp3) is 0.556. The molecule has 0 spiro atoms. The van der Waals surface area contributed by atoms with Crippen LogP contribution in [-0.4, -0.2) is 52.0 Å². The highest BCUT2D eigenvalue weighted by Crippen LogP contribution is 2.26. The number of anilines is 2.